The molecular formula is C19H21N3O5. The molecule has 0 aliphatic rings. The van der Waals surface area contributed by atoms with E-state index in [4.69, 9.17) is 4.74 Å². The number of ether oxygens (including phenoxy) is 1. The second kappa shape index (κ2) is 8.79. The van der Waals surface area contributed by atoms with Gasteiger partial charge in [-0.3, -0.25) is 19.7 Å². The van der Waals surface area contributed by atoms with E-state index in [1.54, 1.807) is 33.2 Å². The molecule has 0 radical (unpaired) electrons. The zero-order valence-electron chi connectivity index (χ0n) is 15.4. The summed E-state index contributed by atoms with van der Waals surface area (Å²) in [6, 6.07) is 11.5. The van der Waals surface area contributed by atoms with Gasteiger partial charge >= 0.3 is 0 Å². The first kappa shape index (κ1) is 19.9. The lowest BCUT2D eigenvalue weighted by molar-refractivity contribution is -0.385. The highest BCUT2D eigenvalue weighted by Crippen LogP contribution is 2.19. The van der Waals surface area contributed by atoms with Gasteiger partial charge in [0.05, 0.1) is 18.6 Å². The SMILES string of the molecule is COc1ccc(CN(C)C(=O)CNC(=O)c2ccc(C)c([N+](=O)[O-])c2)cc1. The zero-order valence-corrected chi connectivity index (χ0v) is 15.4. The second-order valence-corrected chi connectivity index (χ2v) is 6.04. The quantitative estimate of drug-likeness (QED) is 0.594. The molecule has 0 atom stereocenters. The summed E-state index contributed by atoms with van der Waals surface area (Å²) >= 11 is 0. The van der Waals surface area contributed by atoms with E-state index in [0.717, 1.165) is 11.3 Å². The first-order valence-electron chi connectivity index (χ1n) is 8.22. The maximum absolute atomic E-state index is 12.2. The number of carbonyl (C=O) groups is 2. The van der Waals surface area contributed by atoms with Crippen LogP contribution in [0.1, 0.15) is 21.5 Å². The lowest BCUT2D eigenvalue weighted by atomic mass is 10.1. The van der Waals surface area contributed by atoms with Crippen molar-refractivity contribution in [3.05, 3.63) is 69.3 Å². The number of aryl methyl sites for hydroxylation is 1. The molecule has 2 aromatic rings. The Hall–Kier alpha value is -3.42. The summed E-state index contributed by atoms with van der Waals surface area (Å²) in [6.45, 7) is 1.78. The molecule has 0 spiro atoms. The number of likely N-dealkylation sites (N-methyl/N-ethyl adjacent to an activating group) is 1. The fraction of sp³-hybridized carbons (Fsp3) is 0.263. The van der Waals surface area contributed by atoms with Crippen LogP contribution in [0.15, 0.2) is 42.5 Å². The number of benzene rings is 2. The molecule has 2 aromatic carbocycles. The minimum atomic E-state index is -0.542. The molecule has 0 aliphatic heterocycles. The van der Waals surface area contributed by atoms with Crippen LogP contribution in [0, 0.1) is 17.0 Å². The Morgan fingerprint density at radius 2 is 1.85 bits per heavy atom. The summed E-state index contributed by atoms with van der Waals surface area (Å²) in [4.78, 5) is 36.3. The highest BCUT2D eigenvalue weighted by molar-refractivity contribution is 5.97. The van der Waals surface area contributed by atoms with Crippen molar-refractivity contribution in [1.82, 2.24) is 10.2 Å². The largest absolute Gasteiger partial charge is 0.497 e. The van der Waals surface area contributed by atoms with E-state index in [9.17, 15) is 19.7 Å². The Balaban J connectivity index is 1.92. The van der Waals surface area contributed by atoms with Crippen molar-refractivity contribution < 1.29 is 19.2 Å². The van der Waals surface area contributed by atoms with Gasteiger partial charge in [-0.1, -0.05) is 18.2 Å². The van der Waals surface area contributed by atoms with Crippen LogP contribution in [-0.2, 0) is 11.3 Å². The standard InChI is InChI=1S/C19H21N3O5/c1-13-4-7-15(10-17(13)22(25)26)19(24)20-11-18(23)21(2)12-14-5-8-16(27-3)9-6-14/h4-10H,11-12H2,1-3H3,(H,20,24). The molecule has 142 valence electrons. The van der Waals surface area contributed by atoms with Gasteiger partial charge in [0.2, 0.25) is 5.91 Å². The van der Waals surface area contributed by atoms with Gasteiger partial charge in [-0.15, -0.1) is 0 Å². The highest BCUT2D eigenvalue weighted by Gasteiger charge is 2.16. The zero-order chi connectivity index (χ0) is 20.0. The Kier molecular flexibility index (Phi) is 6.48. The smallest absolute Gasteiger partial charge is 0.273 e. The first-order valence-corrected chi connectivity index (χ1v) is 8.22. The molecule has 0 unspecified atom stereocenters. The Morgan fingerprint density at radius 3 is 2.44 bits per heavy atom. The average Bonchev–Trinajstić information content (AvgIpc) is 2.66. The van der Waals surface area contributed by atoms with Crippen molar-refractivity contribution in [3.63, 3.8) is 0 Å². The van der Waals surface area contributed by atoms with Crippen LogP contribution in [0.4, 0.5) is 5.69 Å². The summed E-state index contributed by atoms with van der Waals surface area (Å²) in [6.07, 6.45) is 0. The summed E-state index contributed by atoms with van der Waals surface area (Å²) in [5.74, 6) is -0.0859. The van der Waals surface area contributed by atoms with Crippen LogP contribution < -0.4 is 10.1 Å². The number of nitro benzene ring substituents is 1. The minimum Gasteiger partial charge on any atom is -0.497 e. The fourth-order valence-electron chi connectivity index (χ4n) is 2.43. The van der Waals surface area contributed by atoms with E-state index in [-0.39, 0.29) is 23.7 Å². The second-order valence-electron chi connectivity index (χ2n) is 6.04. The Bertz CT molecular complexity index is 849. The summed E-state index contributed by atoms with van der Waals surface area (Å²) in [7, 11) is 3.21. The molecule has 0 fully saturated rings. The van der Waals surface area contributed by atoms with Crippen molar-refractivity contribution in [2.45, 2.75) is 13.5 Å². The topological polar surface area (TPSA) is 102 Å². The number of nitro groups is 1. The van der Waals surface area contributed by atoms with Crippen molar-refractivity contribution in [3.8, 4) is 5.75 Å². The molecule has 1 N–H and O–H groups in total. The van der Waals surface area contributed by atoms with E-state index in [1.807, 2.05) is 12.1 Å². The molecule has 2 amide bonds. The van der Waals surface area contributed by atoms with Gasteiger partial charge in [-0.05, 0) is 30.7 Å². The van der Waals surface area contributed by atoms with Crippen LogP contribution >= 0.6 is 0 Å². The number of hydrogen-bond acceptors (Lipinski definition) is 5. The molecular weight excluding hydrogens is 350 g/mol. The molecule has 8 heteroatoms. The van der Waals surface area contributed by atoms with Crippen LogP contribution in [0.5, 0.6) is 5.75 Å². The highest BCUT2D eigenvalue weighted by atomic mass is 16.6. The summed E-state index contributed by atoms with van der Waals surface area (Å²) in [5, 5.41) is 13.5. The number of amides is 2. The van der Waals surface area contributed by atoms with Crippen LogP contribution in [0.2, 0.25) is 0 Å². The number of rotatable bonds is 7. The molecule has 2 rings (SSSR count). The molecule has 0 aromatic heterocycles. The summed E-state index contributed by atoms with van der Waals surface area (Å²) < 4.78 is 5.09. The number of nitrogens with one attached hydrogen (secondary N) is 1. The van der Waals surface area contributed by atoms with Gasteiger partial charge in [-0.25, -0.2) is 0 Å². The van der Waals surface area contributed by atoms with Gasteiger partial charge in [0.25, 0.3) is 11.6 Å². The monoisotopic (exact) mass is 371 g/mol. The minimum absolute atomic E-state index is 0.134. The van der Waals surface area contributed by atoms with Gasteiger partial charge < -0.3 is 15.0 Å². The predicted octanol–water partition coefficient (Wildman–Crippen LogP) is 2.30. The van der Waals surface area contributed by atoms with Crippen LogP contribution in [0.3, 0.4) is 0 Å². The van der Waals surface area contributed by atoms with E-state index < -0.39 is 10.8 Å². The molecule has 0 heterocycles. The lowest BCUT2D eigenvalue weighted by Crippen LogP contribution is -2.37. The molecule has 0 saturated heterocycles. The molecule has 8 nitrogen and oxygen atoms in total. The maximum atomic E-state index is 12.2. The van der Waals surface area contributed by atoms with Gasteiger partial charge in [0.15, 0.2) is 0 Å². The number of carbonyl (C=O) groups excluding carboxylic acids is 2. The summed E-state index contributed by atoms with van der Waals surface area (Å²) in [5.41, 5.74) is 1.39. The van der Waals surface area contributed by atoms with Gasteiger partial charge in [-0.2, -0.15) is 0 Å². The number of nitrogens with zero attached hydrogens (tertiary/aromatic N) is 2. The Morgan fingerprint density at radius 1 is 1.19 bits per heavy atom. The van der Waals surface area contributed by atoms with E-state index in [1.165, 1.54) is 23.1 Å². The van der Waals surface area contributed by atoms with Gasteiger partial charge in [0, 0.05) is 30.8 Å². The number of methoxy groups -OCH3 is 1. The predicted molar refractivity (Wildman–Crippen MR) is 99.6 cm³/mol. The number of hydrogen-bond donors (Lipinski definition) is 1. The van der Waals surface area contributed by atoms with E-state index >= 15 is 0 Å². The van der Waals surface area contributed by atoms with Crippen molar-refractivity contribution >= 4 is 17.5 Å². The van der Waals surface area contributed by atoms with Crippen LogP contribution in [0.25, 0.3) is 0 Å². The average molecular weight is 371 g/mol. The maximum Gasteiger partial charge on any atom is 0.273 e. The first-order chi connectivity index (χ1) is 12.8. The van der Waals surface area contributed by atoms with E-state index in [2.05, 4.69) is 5.32 Å². The normalized spacial score (nSPS) is 10.2. The van der Waals surface area contributed by atoms with Crippen molar-refractivity contribution in [2.75, 3.05) is 20.7 Å². The van der Waals surface area contributed by atoms with E-state index in [0.29, 0.717) is 12.1 Å². The third-order valence-electron chi connectivity index (χ3n) is 4.07. The fourth-order valence-corrected chi connectivity index (χ4v) is 2.43. The lowest BCUT2D eigenvalue weighted by Gasteiger charge is -2.18. The van der Waals surface area contributed by atoms with Crippen LogP contribution in [-0.4, -0.2) is 42.3 Å². The van der Waals surface area contributed by atoms with Crippen molar-refractivity contribution in [2.24, 2.45) is 0 Å². The third kappa shape index (κ3) is 5.27. The van der Waals surface area contributed by atoms with Crippen molar-refractivity contribution in [1.29, 1.82) is 0 Å². The molecule has 27 heavy (non-hydrogen) atoms. The Labute approximate surface area is 156 Å². The molecule has 0 saturated carbocycles. The molecule has 0 aliphatic carbocycles. The molecule has 0 bridgehead atoms. The van der Waals surface area contributed by atoms with Gasteiger partial charge in [0.1, 0.15) is 5.75 Å². The third-order valence-corrected chi connectivity index (χ3v) is 4.07.